The molecule has 1 aromatic rings. The topological polar surface area (TPSA) is 32.3 Å². The number of hydrogen-bond acceptors (Lipinski definition) is 4. The standard InChI is InChI=1S/C10H17N4/c1-13(2)7-4-8-14(3)10-5-6-11-9-12-10/h5-6H,4,7-8H2,1-3H3. The molecule has 4 nitrogen and oxygen atoms in total. The van der Waals surface area contributed by atoms with Crippen molar-refractivity contribution in [2.24, 2.45) is 0 Å². The molecule has 0 aliphatic rings. The molecule has 0 bridgehead atoms. The lowest BCUT2D eigenvalue weighted by molar-refractivity contribution is 0.401. The van der Waals surface area contributed by atoms with Crippen LogP contribution < -0.4 is 4.90 Å². The zero-order valence-electron chi connectivity index (χ0n) is 9.06. The van der Waals surface area contributed by atoms with Crippen LogP contribution in [0.2, 0.25) is 0 Å². The van der Waals surface area contributed by atoms with E-state index in [2.05, 4.69) is 40.2 Å². The fraction of sp³-hybridized carbons (Fsp3) is 0.600. The van der Waals surface area contributed by atoms with Crippen LogP contribution in [0.15, 0.2) is 12.3 Å². The molecule has 0 atom stereocenters. The molecule has 0 unspecified atom stereocenters. The molecule has 1 aromatic heterocycles. The van der Waals surface area contributed by atoms with Crippen LogP contribution in [-0.2, 0) is 0 Å². The SMILES string of the molecule is CN(C)CCCN(C)c1ccn[c]n1. The summed E-state index contributed by atoms with van der Waals surface area (Å²) in [6.07, 6.45) is 5.43. The Balaban J connectivity index is 2.32. The van der Waals surface area contributed by atoms with Crippen molar-refractivity contribution in [3.8, 4) is 0 Å². The summed E-state index contributed by atoms with van der Waals surface area (Å²) in [7, 11) is 6.20. The van der Waals surface area contributed by atoms with Crippen molar-refractivity contribution < 1.29 is 0 Å². The maximum Gasteiger partial charge on any atom is 0.199 e. The third-order valence-electron chi connectivity index (χ3n) is 2.01. The molecule has 1 rings (SSSR count). The molecule has 0 spiro atoms. The minimum Gasteiger partial charge on any atom is -0.360 e. The van der Waals surface area contributed by atoms with E-state index >= 15 is 0 Å². The Morgan fingerprint density at radius 2 is 2.07 bits per heavy atom. The fourth-order valence-corrected chi connectivity index (χ4v) is 1.21. The Labute approximate surface area is 85.6 Å². The molecule has 77 valence electrons. The summed E-state index contributed by atoms with van der Waals surface area (Å²) in [6, 6.07) is 1.90. The highest BCUT2D eigenvalue weighted by atomic mass is 15.2. The second-order valence-corrected chi connectivity index (χ2v) is 3.59. The van der Waals surface area contributed by atoms with E-state index in [4.69, 9.17) is 0 Å². The van der Waals surface area contributed by atoms with Crippen molar-refractivity contribution >= 4 is 5.82 Å². The number of nitrogens with zero attached hydrogens (tertiary/aromatic N) is 4. The van der Waals surface area contributed by atoms with Crippen molar-refractivity contribution in [1.29, 1.82) is 0 Å². The van der Waals surface area contributed by atoms with Crippen molar-refractivity contribution in [3.63, 3.8) is 0 Å². The summed E-state index contributed by atoms with van der Waals surface area (Å²) in [5, 5.41) is 0. The minimum atomic E-state index is 0.929. The first kappa shape index (κ1) is 10.9. The molecule has 1 radical (unpaired) electrons. The highest BCUT2D eigenvalue weighted by Gasteiger charge is 2.00. The lowest BCUT2D eigenvalue weighted by Gasteiger charge is -2.18. The Morgan fingerprint density at radius 3 is 2.64 bits per heavy atom. The van der Waals surface area contributed by atoms with E-state index in [1.54, 1.807) is 6.20 Å². The van der Waals surface area contributed by atoms with Crippen LogP contribution in [0.5, 0.6) is 0 Å². The molecule has 0 saturated carbocycles. The maximum atomic E-state index is 4.05. The van der Waals surface area contributed by atoms with Gasteiger partial charge in [0.05, 0.1) is 0 Å². The van der Waals surface area contributed by atoms with Crippen LogP contribution in [0, 0.1) is 6.33 Å². The summed E-state index contributed by atoms with van der Waals surface area (Å²) in [5.41, 5.74) is 0. The third-order valence-corrected chi connectivity index (χ3v) is 2.01. The van der Waals surface area contributed by atoms with Gasteiger partial charge in [0.1, 0.15) is 5.82 Å². The largest absolute Gasteiger partial charge is 0.360 e. The Bertz CT molecular complexity index is 248. The number of rotatable bonds is 5. The van der Waals surface area contributed by atoms with E-state index < -0.39 is 0 Å². The van der Waals surface area contributed by atoms with E-state index in [0.29, 0.717) is 0 Å². The van der Waals surface area contributed by atoms with Gasteiger partial charge in [-0.2, -0.15) is 0 Å². The Morgan fingerprint density at radius 1 is 1.29 bits per heavy atom. The van der Waals surface area contributed by atoms with Gasteiger partial charge in [0, 0.05) is 19.8 Å². The second-order valence-electron chi connectivity index (χ2n) is 3.59. The molecule has 0 aromatic carbocycles. The first-order valence-corrected chi connectivity index (χ1v) is 4.75. The molecule has 1 heterocycles. The van der Waals surface area contributed by atoms with Crippen LogP contribution in [0.1, 0.15) is 6.42 Å². The number of hydrogen-bond donors (Lipinski definition) is 0. The van der Waals surface area contributed by atoms with Gasteiger partial charge in [0.25, 0.3) is 0 Å². The fourth-order valence-electron chi connectivity index (χ4n) is 1.21. The summed E-state index contributed by atoms with van der Waals surface area (Å²) < 4.78 is 0. The van der Waals surface area contributed by atoms with Gasteiger partial charge < -0.3 is 9.80 Å². The van der Waals surface area contributed by atoms with Crippen molar-refractivity contribution in [1.82, 2.24) is 14.9 Å². The lowest BCUT2D eigenvalue weighted by atomic mass is 10.3. The van der Waals surface area contributed by atoms with Gasteiger partial charge in [-0.15, -0.1) is 0 Å². The van der Waals surface area contributed by atoms with Crippen LogP contribution in [0.25, 0.3) is 0 Å². The normalized spacial score (nSPS) is 10.6. The van der Waals surface area contributed by atoms with E-state index in [9.17, 15) is 0 Å². The molecule has 0 aliphatic heterocycles. The second kappa shape index (κ2) is 5.54. The van der Waals surface area contributed by atoms with Gasteiger partial charge in [-0.1, -0.05) is 0 Å². The molecule has 0 fully saturated rings. The predicted octanol–water partition coefficient (Wildman–Crippen LogP) is 0.665. The summed E-state index contributed by atoms with van der Waals surface area (Å²) in [4.78, 5) is 12.1. The average molecular weight is 193 g/mol. The molecule has 0 N–H and O–H groups in total. The van der Waals surface area contributed by atoms with Crippen LogP contribution in [-0.4, -0.2) is 49.1 Å². The van der Waals surface area contributed by atoms with Gasteiger partial charge in [-0.25, -0.2) is 9.97 Å². The summed E-state index contributed by atoms with van der Waals surface area (Å²) in [6.45, 7) is 2.10. The molecule has 0 amide bonds. The van der Waals surface area contributed by atoms with Crippen molar-refractivity contribution in [3.05, 3.63) is 18.6 Å². The molecule has 4 heteroatoms. The highest BCUT2D eigenvalue weighted by molar-refractivity contribution is 5.34. The minimum absolute atomic E-state index is 0.929. The van der Waals surface area contributed by atoms with E-state index in [-0.39, 0.29) is 0 Å². The first-order chi connectivity index (χ1) is 6.70. The van der Waals surface area contributed by atoms with E-state index in [0.717, 1.165) is 25.3 Å². The summed E-state index contributed by atoms with van der Waals surface area (Å²) >= 11 is 0. The van der Waals surface area contributed by atoms with Gasteiger partial charge in [0.15, 0.2) is 6.33 Å². The van der Waals surface area contributed by atoms with Gasteiger partial charge in [-0.05, 0) is 33.1 Å². The third kappa shape index (κ3) is 3.70. The van der Waals surface area contributed by atoms with E-state index in [1.807, 2.05) is 13.1 Å². The Kier molecular flexibility index (Phi) is 4.32. The zero-order valence-corrected chi connectivity index (χ0v) is 9.06. The zero-order chi connectivity index (χ0) is 10.4. The highest BCUT2D eigenvalue weighted by Crippen LogP contribution is 2.05. The van der Waals surface area contributed by atoms with Gasteiger partial charge in [-0.3, -0.25) is 0 Å². The van der Waals surface area contributed by atoms with Gasteiger partial charge in [0.2, 0.25) is 0 Å². The van der Waals surface area contributed by atoms with Crippen LogP contribution in [0.3, 0.4) is 0 Å². The van der Waals surface area contributed by atoms with Crippen LogP contribution >= 0.6 is 0 Å². The summed E-state index contributed by atoms with van der Waals surface area (Å²) in [5.74, 6) is 0.929. The molecule has 14 heavy (non-hydrogen) atoms. The van der Waals surface area contributed by atoms with Crippen molar-refractivity contribution in [2.45, 2.75) is 6.42 Å². The monoisotopic (exact) mass is 193 g/mol. The Hall–Kier alpha value is -1.16. The molecular formula is C10H17N4. The van der Waals surface area contributed by atoms with Crippen LogP contribution in [0.4, 0.5) is 5.82 Å². The molecular weight excluding hydrogens is 176 g/mol. The number of aromatic nitrogens is 2. The number of anilines is 1. The van der Waals surface area contributed by atoms with Crippen molar-refractivity contribution in [2.75, 3.05) is 39.1 Å². The molecule has 0 aliphatic carbocycles. The molecule has 0 saturated heterocycles. The smallest absolute Gasteiger partial charge is 0.199 e. The lowest BCUT2D eigenvalue weighted by Crippen LogP contribution is -2.23. The maximum absolute atomic E-state index is 4.05. The quantitative estimate of drug-likeness (QED) is 0.688. The average Bonchev–Trinajstić information content (AvgIpc) is 2.18. The predicted molar refractivity (Wildman–Crippen MR) is 57.3 cm³/mol. The van der Waals surface area contributed by atoms with E-state index in [1.165, 1.54) is 0 Å². The van der Waals surface area contributed by atoms with Gasteiger partial charge >= 0.3 is 0 Å². The first-order valence-electron chi connectivity index (χ1n) is 4.75.